The van der Waals surface area contributed by atoms with Crippen LogP contribution >= 0.6 is 0 Å². The van der Waals surface area contributed by atoms with Gasteiger partial charge >= 0.3 is 0 Å². The van der Waals surface area contributed by atoms with Gasteiger partial charge in [-0.2, -0.15) is 5.10 Å². The minimum absolute atomic E-state index is 0.200. The molecule has 1 aromatic rings. The Bertz CT molecular complexity index is 479. The number of hydrogen-bond acceptors (Lipinski definition) is 4. The number of rotatable bonds is 4. The number of fused-ring (bicyclic) bond motifs is 1. The summed E-state index contributed by atoms with van der Waals surface area (Å²) in [5.74, 6) is 0.968. The van der Waals surface area contributed by atoms with Gasteiger partial charge in [0.05, 0.1) is 0 Å². The predicted molar refractivity (Wildman–Crippen MR) is 72.5 cm³/mol. The molecule has 0 bridgehead atoms. The summed E-state index contributed by atoms with van der Waals surface area (Å²) in [6, 6.07) is 7.30. The summed E-state index contributed by atoms with van der Waals surface area (Å²) in [4.78, 5) is 11.9. The average Bonchev–Trinajstić information content (AvgIpc) is 2.47. The third kappa shape index (κ3) is 3.24. The van der Waals surface area contributed by atoms with Crippen LogP contribution in [0.1, 0.15) is 26.7 Å². The van der Waals surface area contributed by atoms with Gasteiger partial charge < -0.3 is 9.47 Å². The standard InChI is InChI=1S/C14H18N2O3/c1-3-10(4-2)15-16-14(17)13-9-18-11-7-5-6-8-12(11)19-13/h5-8,13H,3-4,9H2,1-2H3,(H,16,17)/t13-/m0/s1. The number of carbonyl (C=O) groups is 1. The van der Waals surface area contributed by atoms with Crippen molar-refractivity contribution >= 4 is 11.6 Å². The van der Waals surface area contributed by atoms with Crippen molar-refractivity contribution in [3.63, 3.8) is 0 Å². The molecule has 2 rings (SSSR count). The number of nitrogens with one attached hydrogen (secondary N) is 1. The Kier molecular flexibility index (Phi) is 4.39. The second kappa shape index (κ2) is 6.22. The fraction of sp³-hybridized carbons (Fsp3) is 0.429. The molecule has 102 valence electrons. The lowest BCUT2D eigenvalue weighted by atomic mass is 10.2. The molecule has 0 saturated heterocycles. The molecule has 1 aliphatic heterocycles. The van der Waals surface area contributed by atoms with Crippen LogP contribution in [0.25, 0.3) is 0 Å². The molecule has 1 atom stereocenters. The topological polar surface area (TPSA) is 59.9 Å². The van der Waals surface area contributed by atoms with Gasteiger partial charge in [0.1, 0.15) is 6.61 Å². The number of para-hydroxylation sites is 2. The van der Waals surface area contributed by atoms with E-state index in [0.29, 0.717) is 11.5 Å². The van der Waals surface area contributed by atoms with E-state index in [9.17, 15) is 4.79 Å². The Morgan fingerprint density at radius 2 is 2.00 bits per heavy atom. The number of hydrogen-bond donors (Lipinski definition) is 1. The van der Waals surface area contributed by atoms with Crippen molar-refractivity contribution in [2.24, 2.45) is 5.10 Å². The molecule has 0 spiro atoms. The first kappa shape index (κ1) is 13.4. The maximum atomic E-state index is 11.9. The number of nitrogens with zero attached hydrogens (tertiary/aromatic N) is 1. The monoisotopic (exact) mass is 262 g/mol. The molecule has 1 N–H and O–H groups in total. The Hall–Kier alpha value is -2.04. The predicted octanol–water partition coefficient (Wildman–Crippen LogP) is 2.12. The number of amides is 1. The van der Waals surface area contributed by atoms with Crippen LogP contribution in [0.15, 0.2) is 29.4 Å². The fourth-order valence-corrected chi connectivity index (χ4v) is 1.76. The summed E-state index contributed by atoms with van der Waals surface area (Å²) in [5.41, 5.74) is 3.48. The Morgan fingerprint density at radius 3 is 2.68 bits per heavy atom. The van der Waals surface area contributed by atoms with Crippen molar-refractivity contribution in [3.05, 3.63) is 24.3 Å². The molecule has 0 radical (unpaired) electrons. The minimum atomic E-state index is -0.659. The first-order valence-corrected chi connectivity index (χ1v) is 6.48. The maximum Gasteiger partial charge on any atom is 0.284 e. The normalized spacial score (nSPS) is 16.6. The Balaban J connectivity index is 1.97. The lowest BCUT2D eigenvalue weighted by Crippen LogP contribution is -2.42. The van der Waals surface area contributed by atoms with Gasteiger partial charge in [-0.15, -0.1) is 0 Å². The third-order valence-electron chi connectivity index (χ3n) is 2.94. The van der Waals surface area contributed by atoms with Gasteiger partial charge in [0, 0.05) is 5.71 Å². The van der Waals surface area contributed by atoms with Crippen LogP contribution in [0.2, 0.25) is 0 Å². The van der Waals surface area contributed by atoms with Crippen LogP contribution in [0.4, 0.5) is 0 Å². The fourth-order valence-electron chi connectivity index (χ4n) is 1.76. The molecule has 1 heterocycles. The highest BCUT2D eigenvalue weighted by molar-refractivity contribution is 5.87. The van der Waals surface area contributed by atoms with E-state index in [4.69, 9.17) is 9.47 Å². The zero-order valence-corrected chi connectivity index (χ0v) is 11.2. The summed E-state index contributed by atoms with van der Waals surface area (Å²) in [5, 5.41) is 4.07. The quantitative estimate of drug-likeness (QED) is 0.668. The largest absolute Gasteiger partial charge is 0.485 e. The summed E-state index contributed by atoms with van der Waals surface area (Å²) in [6.07, 6.45) is 0.983. The van der Waals surface area contributed by atoms with Crippen molar-refractivity contribution in [2.45, 2.75) is 32.8 Å². The molecule has 0 unspecified atom stereocenters. The van der Waals surface area contributed by atoms with Crippen molar-refractivity contribution in [3.8, 4) is 11.5 Å². The van der Waals surface area contributed by atoms with Crippen molar-refractivity contribution in [2.75, 3.05) is 6.61 Å². The molecule has 5 heteroatoms. The van der Waals surface area contributed by atoms with Gasteiger partial charge in [0.15, 0.2) is 11.5 Å². The maximum absolute atomic E-state index is 11.9. The van der Waals surface area contributed by atoms with Crippen molar-refractivity contribution < 1.29 is 14.3 Å². The van der Waals surface area contributed by atoms with Crippen LogP contribution in [0.3, 0.4) is 0 Å². The number of carbonyl (C=O) groups excluding carboxylic acids is 1. The molecule has 1 amide bonds. The van der Waals surface area contributed by atoms with Crippen molar-refractivity contribution in [1.82, 2.24) is 5.43 Å². The third-order valence-corrected chi connectivity index (χ3v) is 2.94. The highest BCUT2D eigenvalue weighted by Crippen LogP contribution is 2.30. The highest BCUT2D eigenvalue weighted by Gasteiger charge is 2.27. The Labute approximate surface area is 112 Å². The zero-order valence-electron chi connectivity index (χ0n) is 11.2. The molecule has 0 saturated carbocycles. The minimum Gasteiger partial charge on any atom is -0.485 e. The second-order valence-electron chi connectivity index (χ2n) is 4.23. The van der Waals surface area contributed by atoms with E-state index in [1.807, 2.05) is 32.0 Å². The molecule has 19 heavy (non-hydrogen) atoms. The Morgan fingerprint density at radius 1 is 1.32 bits per heavy atom. The van der Waals surface area contributed by atoms with E-state index in [1.165, 1.54) is 0 Å². The highest BCUT2D eigenvalue weighted by atomic mass is 16.6. The van der Waals surface area contributed by atoms with E-state index in [1.54, 1.807) is 6.07 Å². The molecule has 0 aliphatic carbocycles. The molecule has 0 aromatic heterocycles. The van der Waals surface area contributed by atoms with Gasteiger partial charge in [0.2, 0.25) is 6.10 Å². The van der Waals surface area contributed by atoms with Crippen LogP contribution in [-0.4, -0.2) is 24.3 Å². The SMILES string of the molecule is CCC(CC)=NNC(=O)[C@@H]1COc2ccccc2O1. The smallest absolute Gasteiger partial charge is 0.284 e. The van der Waals surface area contributed by atoms with Crippen LogP contribution < -0.4 is 14.9 Å². The van der Waals surface area contributed by atoms with Gasteiger partial charge in [-0.3, -0.25) is 4.79 Å². The number of benzene rings is 1. The van der Waals surface area contributed by atoms with Gasteiger partial charge in [-0.05, 0) is 25.0 Å². The molecular weight excluding hydrogens is 244 g/mol. The lowest BCUT2D eigenvalue weighted by Gasteiger charge is -2.24. The van der Waals surface area contributed by atoms with Gasteiger partial charge in [0.25, 0.3) is 5.91 Å². The van der Waals surface area contributed by atoms with E-state index < -0.39 is 6.10 Å². The first-order valence-electron chi connectivity index (χ1n) is 6.48. The van der Waals surface area contributed by atoms with Gasteiger partial charge in [-0.1, -0.05) is 26.0 Å². The number of ether oxygens (including phenoxy) is 2. The second-order valence-corrected chi connectivity index (χ2v) is 4.23. The molecule has 1 aliphatic rings. The average molecular weight is 262 g/mol. The van der Waals surface area contributed by atoms with E-state index in [0.717, 1.165) is 18.6 Å². The van der Waals surface area contributed by atoms with E-state index >= 15 is 0 Å². The van der Waals surface area contributed by atoms with Gasteiger partial charge in [-0.25, -0.2) is 5.43 Å². The summed E-state index contributed by atoms with van der Waals surface area (Å²) >= 11 is 0. The lowest BCUT2D eigenvalue weighted by molar-refractivity contribution is -0.130. The summed E-state index contributed by atoms with van der Waals surface area (Å²) in [7, 11) is 0. The van der Waals surface area contributed by atoms with Crippen LogP contribution in [0.5, 0.6) is 11.5 Å². The van der Waals surface area contributed by atoms with E-state index in [2.05, 4.69) is 10.5 Å². The van der Waals surface area contributed by atoms with E-state index in [-0.39, 0.29) is 12.5 Å². The molecular formula is C14H18N2O3. The zero-order chi connectivity index (χ0) is 13.7. The summed E-state index contributed by atoms with van der Waals surface area (Å²) < 4.78 is 11.1. The van der Waals surface area contributed by atoms with Crippen molar-refractivity contribution in [1.29, 1.82) is 0 Å². The first-order chi connectivity index (χ1) is 9.24. The summed E-state index contributed by atoms with van der Waals surface area (Å²) in [6.45, 7) is 4.21. The van der Waals surface area contributed by atoms with Crippen LogP contribution in [-0.2, 0) is 4.79 Å². The molecule has 1 aromatic carbocycles. The molecule has 0 fully saturated rings. The number of hydrazone groups is 1. The van der Waals surface area contributed by atoms with Crippen LogP contribution in [0, 0.1) is 0 Å². The molecule has 5 nitrogen and oxygen atoms in total.